The Hall–Kier alpha value is -3.61. The average Bonchev–Trinajstić information content (AvgIpc) is 3.25. The summed E-state index contributed by atoms with van der Waals surface area (Å²) < 4.78 is 15.9. The lowest BCUT2D eigenvalue weighted by Crippen LogP contribution is -2.32. The fourth-order valence-corrected chi connectivity index (χ4v) is 3.65. The van der Waals surface area contributed by atoms with E-state index in [0.29, 0.717) is 11.1 Å². The summed E-state index contributed by atoms with van der Waals surface area (Å²) in [6.07, 6.45) is 1.79. The van der Waals surface area contributed by atoms with E-state index in [4.69, 9.17) is 13.9 Å². The van der Waals surface area contributed by atoms with Gasteiger partial charge in [-0.3, -0.25) is 0 Å². The normalized spacial score (nSPS) is 12.4. The Bertz CT molecular complexity index is 1170. The molecular weight excluding hydrogens is 386 g/mol. The molecule has 0 saturated heterocycles. The summed E-state index contributed by atoms with van der Waals surface area (Å²) in [6.45, 7) is 1.49. The molecule has 30 heavy (non-hydrogen) atoms. The first-order valence-corrected chi connectivity index (χ1v) is 9.76. The number of carbonyl (C=O) groups excluding carboxylic acids is 2. The van der Waals surface area contributed by atoms with Crippen LogP contribution in [-0.4, -0.2) is 18.6 Å². The van der Waals surface area contributed by atoms with Crippen LogP contribution in [0.15, 0.2) is 51.7 Å². The smallest absolute Gasteiger partial charge is 0.407 e. The maximum absolute atomic E-state index is 12.2. The number of hydrogen-bond donors (Lipinski definition) is 1. The second-order valence-electron chi connectivity index (χ2n) is 7.15. The zero-order chi connectivity index (χ0) is 21.1. The molecule has 3 aromatic rings. The second kappa shape index (κ2) is 8.41. The molecule has 0 bridgehead atoms. The van der Waals surface area contributed by atoms with E-state index in [9.17, 15) is 14.4 Å². The van der Waals surface area contributed by atoms with Gasteiger partial charge in [-0.15, -0.1) is 0 Å². The van der Waals surface area contributed by atoms with Crippen LogP contribution in [0.5, 0.6) is 5.75 Å². The highest BCUT2D eigenvalue weighted by molar-refractivity contribution is 5.87. The number of esters is 1. The van der Waals surface area contributed by atoms with Crippen LogP contribution in [0.2, 0.25) is 0 Å². The van der Waals surface area contributed by atoms with E-state index < -0.39 is 12.1 Å². The number of ether oxygens (including phenoxy) is 2. The number of amides is 1. The van der Waals surface area contributed by atoms with E-state index in [1.165, 1.54) is 0 Å². The van der Waals surface area contributed by atoms with Crippen LogP contribution in [0.25, 0.3) is 11.0 Å². The van der Waals surface area contributed by atoms with E-state index in [1.807, 2.05) is 30.3 Å². The zero-order valence-corrected chi connectivity index (χ0v) is 16.5. The van der Waals surface area contributed by atoms with Gasteiger partial charge in [0.05, 0.1) is 0 Å². The second-order valence-corrected chi connectivity index (χ2v) is 7.15. The van der Waals surface area contributed by atoms with Gasteiger partial charge < -0.3 is 19.2 Å². The molecule has 1 amide bonds. The molecule has 0 atom stereocenters. The van der Waals surface area contributed by atoms with Gasteiger partial charge in [-0.2, -0.15) is 0 Å². The molecule has 154 valence electrons. The van der Waals surface area contributed by atoms with Crippen molar-refractivity contribution in [3.63, 3.8) is 0 Å². The number of rotatable bonds is 5. The molecule has 2 aromatic carbocycles. The van der Waals surface area contributed by atoms with Crippen molar-refractivity contribution in [3.8, 4) is 5.75 Å². The minimum absolute atomic E-state index is 0.106. The lowest BCUT2D eigenvalue weighted by atomic mass is 10.0. The topological polar surface area (TPSA) is 94.8 Å². The Balaban J connectivity index is 1.38. The van der Waals surface area contributed by atoms with Gasteiger partial charge in [0.25, 0.3) is 0 Å². The van der Waals surface area contributed by atoms with Crippen molar-refractivity contribution in [1.82, 2.24) is 5.32 Å². The number of carbonyl (C=O) groups is 2. The van der Waals surface area contributed by atoms with Crippen molar-refractivity contribution in [2.45, 2.75) is 32.8 Å². The first-order valence-electron chi connectivity index (χ1n) is 9.76. The van der Waals surface area contributed by atoms with Crippen molar-refractivity contribution in [3.05, 3.63) is 75.1 Å². The van der Waals surface area contributed by atoms with E-state index in [1.54, 1.807) is 19.1 Å². The Labute approximate surface area is 172 Å². The minimum Gasteiger partial charge on any atom is -0.445 e. The van der Waals surface area contributed by atoms with E-state index in [0.717, 1.165) is 41.3 Å². The predicted molar refractivity (Wildman–Crippen MR) is 110 cm³/mol. The Morgan fingerprint density at radius 1 is 1.07 bits per heavy atom. The molecule has 1 aliphatic rings. The minimum atomic E-state index is -0.715. The third-order valence-electron chi connectivity index (χ3n) is 5.15. The highest BCUT2D eigenvalue weighted by Crippen LogP contribution is 2.33. The van der Waals surface area contributed by atoms with Gasteiger partial charge >= 0.3 is 17.7 Å². The van der Waals surface area contributed by atoms with Crippen LogP contribution in [0.4, 0.5) is 4.79 Å². The van der Waals surface area contributed by atoms with Crippen LogP contribution in [0.1, 0.15) is 28.7 Å². The quantitative estimate of drug-likeness (QED) is 0.396. The summed E-state index contributed by atoms with van der Waals surface area (Å²) in [6, 6.07) is 12.7. The highest BCUT2D eigenvalue weighted by Gasteiger charge is 2.22. The van der Waals surface area contributed by atoms with E-state index >= 15 is 0 Å². The maximum atomic E-state index is 12.2. The molecule has 0 spiro atoms. The van der Waals surface area contributed by atoms with Crippen LogP contribution in [-0.2, 0) is 29.0 Å². The summed E-state index contributed by atoms with van der Waals surface area (Å²) in [5.41, 5.74) is 3.27. The highest BCUT2D eigenvalue weighted by atomic mass is 16.6. The molecule has 0 aliphatic heterocycles. The van der Waals surface area contributed by atoms with Gasteiger partial charge in [-0.25, -0.2) is 14.4 Å². The summed E-state index contributed by atoms with van der Waals surface area (Å²) in [4.78, 5) is 36.1. The molecule has 0 unspecified atom stereocenters. The summed E-state index contributed by atoms with van der Waals surface area (Å²) >= 11 is 0. The monoisotopic (exact) mass is 407 g/mol. The van der Waals surface area contributed by atoms with Gasteiger partial charge in [0.2, 0.25) is 0 Å². The van der Waals surface area contributed by atoms with Crippen molar-refractivity contribution in [1.29, 1.82) is 0 Å². The van der Waals surface area contributed by atoms with Gasteiger partial charge in [-0.05, 0) is 49.4 Å². The molecule has 1 N–H and O–H groups in total. The fourth-order valence-electron chi connectivity index (χ4n) is 3.65. The Morgan fingerprint density at radius 3 is 2.63 bits per heavy atom. The summed E-state index contributed by atoms with van der Waals surface area (Å²) in [5.74, 6) is -0.370. The van der Waals surface area contributed by atoms with Gasteiger partial charge in [0.15, 0.2) is 0 Å². The Morgan fingerprint density at radius 2 is 1.83 bits per heavy atom. The first kappa shape index (κ1) is 19.7. The van der Waals surface area contributed by atoms with Crippen molar-refractivity contribution in [2.75, 3.05) is 6.54 Å². The van der Waals surface area contributed by atoms with Crippen LogP contribution >= 0.6 is 0 Å². The van der Waals surface area contributed by atoms with Crippen molar-refractivity contribution >= 4 is 23.0 Å². The van der Waals surface area contributed by atoms with E-state index in [2.05, 4.69) is 5.32 Å². The van der Waals surface area contributed by atoms with Gasteiger partial charge in [0, 0.05) is 16.5 Å². The number of nitrogens with one attached hydrogen (secondary N) is 1. The molecule has 0 fully saturated rings. The lowest BCUT2D eigenvalue weighted by molar-refractivity contribution is -0.133. The lowest BCUT2D eigenvalue weighted by Gasteiger charge is -2.11. The Kier molecular flexibility index (Phi) is 5.52. The molecule has 7 nitrogen and oxygen atoms in total. The maximum Gasteiger partial charge on any atom is 0.407 e. The molecule has 7 heteroatoms. The number of fused-ring (bicyclic) bond motifs is 3. The molecule has 1 aromatic heterocycles. The van der Waals surface area contributed by atoms with Crippen LogP contribution in [0.3, 0.4) is 0 Å². The number of aryl methyl sites for hydroxylation is 2. The van der Waals surface area contributed by atoms with Gasteiger partial charge in [-0.1, -0.05) is 30.3 Å². The molecule has 4 rings (SSSR count). The summed E-state index contributed by atoms with van der Waals surface area (Å²) in [5, 5.41) is 3.24. The molecule has 0 radical (unpaired) electrons. The summed E-state index contributed by atoms with van der Waals surface area (Å²) in [7, 11) is 0. The molecule has 1 heterocycles. The molecule has 1 aliphatic carbocycles. The number of alkyl carbamates (subject to hydrolysis) is 1. The largest absolute Gasteiger partial charge is 0.445 e. The molecular formula is C23H21NO6. The van der Waals surface area contributed by atoms with Crippen molar-refractivity contribution in [2.24, 2.45) is 0 Å². The standard InChI is InChI=1S/C23H21NO6/c1-14-19(11-10-17-16-8-5-9-18(16)22(26)30-21(14)17)29-20(25)12-24-23(27)28-13-15-6-3-2-4-7-15/h2-4,6-7,10-11H,5,8-9,12-13H2,1H3,(H,24,27). The van der Waals surface area contributed by atoms with Crippen LogP contribution in [0, 0.1) is 6.92 Å². The van der Waals surface area contributed by atoms with Crippen LogP contribution < -0.4 is 15.7 Å². The van der Waals surface area contributed by atoms with E-state index in [-0.39, 0.29) is 24.5 Å². The predicted octanol–water partition coefficient (Wildman–Crippen LogP) is 3.42. The fraction of sp³-hybridized carbons (Fsp3) is 0.261. The third-order valence-corrected chi connectivity index (χ3v) is 5.15. The number of hydrogen-bond acceptors (Lipinski definition) is 6. The average molecular weight is 407 g/mol. The number of benzene rings is 2. The zero-order valence-electron chi connectivity index (χ0n) is 16.5. The van der Waals surface area contributed by atoms with Crippen molar-refractivity contribution < 1.29 is 23.5 Å². The molecule has 0 saturated carbocycles. The first-order chi connectivity index (χ1) is 14.5. The SMILES string of the molecule is Cc1c(OC(=O)CNC(=O)OCc2ccccc2)ccc2c3c(c(=O)oc12)CCC3. The third kappa shape index (κ3) is 4.05. The van der Waals surface area contributed by atoms with Gasteiger partial charge in [0.1, 0.15) is 24.5 Å².